The highest BCUT2D eigenvalue weighted by atomic mass is 16.5. The zero-order valence-corrected chi connectivity index (χ0v) is 17.4. The molecule has 0 saturated carbocycles. The molecule has 0 saturated heterocycles. The van der Waals surface area contributed by atoms with Gasteiger partial charge in [-0.25, -0.2) is 0 Å². The second-order valence-corrected chi connectivity index (χ2v) is 7.08. The van der Waals surface area contributed by atoms with Crippen LogP contribution in [0.25, 0.3) is 10.8 Å². The molecule has 0 N–H and O–H groups in total. The van der Waals surface area contributed by atoms with E-state index in [0.717, 1.165) is 49.3 Å². The van der Waals surface area contributed by atoms with Gasteiger partial charge in [-0.2, -0.15) is 10.5 Å². The van der Waals surface area contributed by atoms with E-state index in [4.69, 9.17) is 9.47 Å². The Hall–Kier alpha value is -2.72. The first-order valence-electron chi connectivity index (χ1n) is 10.4. The third-order valence-corrected chi connectivity index (χ3v) is 5.04. The molecule has 0 spiro atoms. The molecule has 4 heteroatoms. The Morgan fingerprint density at radius 3 is 1.39 bits per heavy atom. The summed E-state index contributed by atoms with van der Waals surface area (Å²) in [7, 11) is 0. The molecule has 0 aliphatic rings. The molecule has 0 aliphatic carbocycles. The highest BCUT2D eigenvalue weighted by Crippen LogP contribution is 2.38. The lowest BCUT2D eigenvalue weighted by Gasteiger charge is -2.22. The van der Waals surface area contributed by atoms with Crippen LogP contribution in [-0.4, -0.2) is 12.2 Å². The van der Waals surface area contributed by atoms with E-state index in [9.17, 15) is 10.5 Å². The van der Waals surface area contributed by atoms with Gasteiger partial charge in [0.05, 0.1) is 23.3 Å². The normalized spacial score (nSPS) is 12.8. The zero-order chi connectivity index (χ0) is 20.5. The van der Waals surface area contributed by atoms with Gasteiger partial charge in [-0.05, 0) is 49.9 Å². The van der Waals surface area contributed by atoms with Crippen molar-refractivity contribution in [3.05, 3.63) is 35.4 Å². The van der Waals surface area contributed by atoms with E-state index in [2.05, 4.69) is 39.8 Å². The van der Waals surface area contributed by atoms with Crippen molar-refractivity contribution in [3.63, 3.8) is 0 Å². The van der Waals surface area contributed by atoms with Crippen LogP contribution in [0.2, 0.25) is 0 Å². The average Bonchev–Trinajstić information content (AvgIpc) is 2.72. The predicted octanol–water partition coefficient (Wildman–Crippen LogP) is 6.50. The summed E-state index contributed by atoms with van der Waals surface area (Å²) < 4.78 is 12.6. The summed E-state index contributed by atoms with van der Waals surface area (Å²) in [5, 5.41) is 20.9. The van der Waals surface area contributed by atoms with Crippen molar-refractivity contribution in [3.8, 4) is 23.6 Å². The molecule has 0 bridgehead atoms. The van der Waals surface area contributed by atoms with E-state index in [1.807, 2.05) is 12.1 Å². The molecule has 148 valence electrons. The number of hydrogen-bond acceptors (Lipinski definition) is 4. The molecule has 0 radical (unpaired) electrons. The molecular formula is C24H30N2O2. The third kappa shape index (κ3) is 4.76. The highest BCUT2D eigenvalue weighted by molar-refractivity contribution is 5.96. The van der Waals surface area contributed by atoms with Crippen molar-refractivity contribution < 1.29 is 9.47 Å². The molecule has 2 aromatic carbocycles. The van der Waals surface area contributed by atoms with Crippen LogP contribution in [0.3, 0.4) is 0 Å². The monoisotopic (exact) mass is 378 g/mol. The number of hydrogen-bond donors (Lipinski definition) is 0. The maximum Gasteiger partial charge on any atom is 0.145 e. The second-order valence-electron chi connectivity index (χ2n) is 7.08. The Kier molecular flexibility index (Phi) is 8.15. The van der Waals surface area contributed by atoms with Gasteiger partial charge in [-0.1, -0.05) is 40.5 Å². The second kappa shape index (κ2) is 10.6. The highest BCUT2D eigenvalue weighted by Gasteiger charge is 2.19. The van der Waals surface area contributed by atoms with Gasteiger partial charge in [0.25, 0.3) is 0 Å². The van der Waals surface area contributed by atoms with E-state index in [0.29, 0.717) is 22.6 Å². The Balaban J connectivity index is 2.63. The van der Waals surface area contributed by atoms with Gasteiger partial charge in [0, 0.05) is 10.8 Å². The van der Waals surface area contributed by atoms with Crippen LogP contribution in [0, 0.1) is 22.7 Å². The molecule has 0 aliphatic heterocycles. The van der Waals surface area contributed by atoms with E-state index in [-0.39, 0.29) is 12.2 Å². The minimum atomic E-state index is 0.0613. The predicted molar refractivity (Wildman–Crippen MR) is 113 cm³/mol. The summed E-state index contributed by atoms with van der Waals surface area (Å²) >= 11 is 0. The zero-order valence-electron chi connectivity index (χ0n) is 17.4. The molecule has 0 fully saturated rings. The van der Waals surface area contributed by atoms with Crippen LogP contribution < -0.4 is 9.47 Å². The molecule has 4 nitrogen and oxygen atoms in total. The SMILES string of the molecule is CCCC(CC)Oc1c(C#N)ccc2c(OC(CC)CCC)c(C#N)ccc12. The van der Waals surface area contributed by atoms with Gasteiger partial charge in [0.2, 0.25) is 0 Å². The summed E-state index contributed by atoms with van der Waals surface area (Å²) in [5.41, 5.74) is 1.02. The average molecular weight is 379 g/mol. The van der Waals surface area contributed by atoms with Crippen molar-refractivity contribution >= 4 is 10.8 Å². The van der Waals surface area contributed by atoms with Crippen molar-refractivity contribution in [2.45, 2.75) is 78.4 Å². The van der Waals surface area contributed by atoms with Crippen molar-refractivity contribution in [1.82, 2.24) is 0 Å². The summed E-state index contributed by atoms with van der Waals surface area (Å²) in [4.78, 5) is 0. The fourth-order valence-corrected chi connectivity index (χ4v) is 3.45. The van der Waals surface area contributed by atoms with Crippen molar-refractivity contribution in [1.29, 1.82) is 10.5 Å². The van der Waals surface area contributed by atoms with Crippen molar-refractivity contribution in [2.24, 2.45) is 0 Å². The topological polar surface area (TPSA) is 66.0 Å². The van der Waals surface area contributed by atoms with Crippen LogP contribution in [0.5, 0.6) is 11.5 Å². The number of ether oxygens (including phenoxy) is 2. The largest absolute Gasteiger partial charge is 0.488 e. The molecule has 2 aromatic rings. The quantitative estimate of drug-likeness (QED) is 0.473. The van der Waals surface area contributed by atoms with Crippen LogP contribution in [0.1, 0.15) is 77.3 Å². The van der Waals surface area contributed by atoms with Crippen LogP contribution >= 0.6 is 0 Å². The van der Waals surface area contributed by atoms with Gasteiger partial charge in [0.1, 0.15) is 23.6 Å². The third-order valence-electron chi connectivity index (χ3n) is 5.04. The lowest BCUT2D eigenvalue weighted by atomic mass is 10.0. The van der Waals surface area contributed by atoms with Gasteiger partial charge in [-0.15, -0.1) is 0 Å². The summed E-state index contributed by atoms with van der Waals surface area (Å²) in [6.07, 6.45) is 5.79. The first kappa shape index (κ1) is 21.6. The lowest BCUT2D eigenvalue weighted by molar-refractivity contribution is 0.185. The van der Waals surface area contributed by atoms with Crippen LogP contribution in [0.4, 0.5) is 0 Å². The Labute approximate surface area is 168 Å². The summed E-state index contributed by atoms with van der Waals surface area (Å²) in [5.74, 6) is 1.19. The minimum Gasteiger partial charge on any atom is -0.488 e. The number of rotatable bonds is 10. The fourth-order valence-electron chi connectivity index (χ4n) is 3.45. The molecule has 0 aromatic heterocycles. The molecule has 2 unspecified atom stereocenters. The molecular weight excluding hydrogens is 348 g/mol. The maximum absolute atomic E-state index is 9.60. The smallest absolute Gasteiger partial charge is 0.145 e. The molecule has 0 heterocycles. The van der Waals surface area contributed by atoms with E-state index in [1.54, 1.807) is 12.1 Å². The van der Waals surface area contributed by atoms with Crippen molar-refractivity contribution in [2.75, 3.05) is 0 Å². The van der Waals surface area contributed by atoms with Gasteiger partial charge >= 0.3 is 0 Å². The molecule has 28 heavy (non-hydrogen) atoms. The number of nitrogens with zero attached hydrogens (tertiary/aromatic N) is 2. The molecule has 2 rings (SSSR count). The summed E-state index contributed by atoms with van der Waals surface area (Å²) in [6, 6.07) is 11.8. The standard InChI is InChI=1S/C24H30N2O2/c1-5-9-19(7-3)27-23-17(15-25)11-14-22-21(23)13-12-18(16-26)24(22)28-20(8-4)10-6-2/h11-14,19-20H,5-10H2,1-4H3. The Bertz CT molecular complexity index is 804. The Morgan fingerprint density at radius 2 is 1.11 bits per heavy atom. The van der Waals surface area contributed by atoms with Crippen LogP contribution in [0.15, 0.2) is 24.3 Å². The molecule has 0 amide bonds. The first-order chi connectivity index (χ1) is 13.6. The van der Waals surface area contributed by atoms with E-state index < -0.39 is 0 Å². The maximum atomic E-state index is 9.60. The van der Waals surface area contributed by atoms with Gasteiger partial charge < -0.3 is 9.47 Å². The van der Waals surface area contributed by atoms with Gasteiger partial charge in [-0.3, -0.25) is 0 Å². The lowest BCUT2D eigenvalue weighted by Crippen LogP contribution is -2.17. The fraction of sp³-hybridized carbons (Fsp3) is 0.500. The number of nitriles is 2. The van der Waals surface area contributed by atoms with E-state index in [1.165, 1.54) is 0 Å². The number of benzene rings is 2. The Morgan fingerprint density at radius 1 is 0.714 bits per heavy atom. The first-order valence-corrected chi connectivity index (χ1v) is 10.4. The summed E-state index contributed by atoms with van der Waals surface area (Å²) in [6.45, 7) is 8.45. The molecule has 2 atom stereocenters. The van der Waals surface area contributed by atoms with E-state index >= 15 is 0 Å². The van der Waals surface area contributed by atoms with Gasteiger partial charge in [0.15, 0.2) is 0 Å². The van der Waals surface area contributed by atoms with Crippen LogP contribution in [-0.2, 0) is 0 Å². The number of fused-ring (bicyclic) bond motifs is 1. The minimum absolute atomic E-state index is 0.0613.